The fraction of sp³-hybridized carbons (Fsp3) is 0.696. The maximum absolute atomic E-state index is 12.7. The molecule has 0 bridgehead atoms. The zero-order chi connectivity index (χ0) is 19.6. The van der Waals surface area contributed by atoms with Crippen molar-refractivity contribution in [2.75, 3.05) is 11.9 Å². The summed E-state index contributed by atoms with van der Waals surface area (Å²) in [6, 6.07) is 4.44. The van der Waals surface area contributed by atoms with E-state index in [-0.39, 0.29) is 6.03 Å². The van der Waals surface area contributed by atoms with E-state index >= 15 is 0 Å². The molecule has 156 valence electrons. The van der Waals surface area contributed by atoms with Crippen molar-refractivity contribution in [3.8, 4) is 0 Å². The summed E-state index contributed by atoms with van der Waals surface area (Å²) in [5, 5.41) is 3.22. The molecule has 1 spiro atoms. The lowest BCUT2D eigenvalue weighted by atomic mass is 9.53. The lowest BCUT2D eigenvalue weighted by Crippen LogP contribution is -2.74. The predicted octanol–water partition coefficient (Wildman–Crippen LogP) is 3.95. The molecule has 2 saturated carbocycles. The van der Waals surface area contributed by atoms with Crippen LogP contribution < -0.4 is 14.8 Å². The monoisotopic (exact) mass is 412 g/mol. The summed E-state index contributed by atoms with van der Waals surface area (Å²) in [4.78, 5) is 15.4. The molecule has 4 aliphatic carbocycles. The Morgan fingerprint density at radius 1 is 1.17 bits per heavy atom. The van der Waals surface area contributed by atoms with Crippen LogP contribution in [-0.4, -0.2) is 35.6 Å². The third kappa shape index (κ3) is 2.71. The van der Waals surface area contributed by atoms with Crippen LogP contribution in [0.25, 0.3) is 0 Å². The smallest absolute Gasteiger partial charge is 0.307 e. The lowest BCUT2D eigenvalue weighted by molar-refractivity contribution is -0.185. The number of urea groups is 1. The minimum atomic E-state index is -0.0901. The molecule has 0 aromatic heterocycles. The number of likely N-dealkylation sites (tertiary alicyclic amines) is 1. The Bertz CT molecular complexity index is 824. The highest BCUT2D eigenvalue weighted by Crippen LogP contribution is 2.65. The molecular formula is C23H32N4OS. The van der Waals surface area contributed by atoms with Crippen LogP contribution in [0.5, 0.6) is 0 Å². The highest BCUT2D eigenvalue weighted by Gasteiger charge is 2.68. The fourth-order valence-electron chi connectivity index (χ4n) is 7.35. The van der Waals surface area contributed by atoms with Gasteiger partial charge in [0.25, 0.3) is 0 Å². The van der Waals surface area contributed by atoms with Gasteiger partial charge in [0.1, 0.15) is 0 Å². The van der Waals surface area contributed by atoms with Crippen LogP contribution >= 0.6 is 12.1 Å². The van der Waals surface area contributed by atoms with E-state index in [0.29, 0.717) is 11.5 Å². The summed E-state index contributed by atoms with van der Waals surface area (Å²) < 4.78 is 6.55. The largest absolute Gasteiger partial charge is 0.330 e. The molecule has 1 heterocycles. The van der Waals surface area contributed by atoms with Crippen molar-refractivity contribution in [1.29, 1.82) is 0 Å². The van der Waals surface area contributed by atoms with Gasteiger partial charge >= 0.3 is 6.03 Å². The number of hydrogen-bond acceptors (Lipinski definition) is 4. The third-order valence-electron chi connectivity index (χ3n) is 8.59. The van der Waals surface area contributed by atoms with Crippen LogP contribution in [0.15, 0.2) is 6.07 Å². The standard InChI is InChI=1S/C23H32N4OS/c1-2-27-19-9-10-23(19)13-16(12-20(23)27)25-29-26-22(28)24-21-17-7-3-5-14(17)11-15-6-4-8-18(15)21/h11,16,19-20,25H,2-10,12-13H2,1H3,(H2,24,26,28). The number of piperidine rings is 1. The van der Waals surface area contributed by atoms with Gasteiger partial charge in [-0.25, -0.2) is 9.52 Å². The van der Waals surface area contributed by atoms with Gasteiger partial charge in [0.05, 0.1) is 0 Å². The molecule has 5 aliphatic rings. The highest BCUT2D eigenvalue weighted by molar-refractivity contribution is 7.96. The first-order valence-corrected chi connectivity index (χ1v) is 12.4. The number of fused-ring (bicyclic) bond motifs is 2. The van der Waals surface area contributed by atoms with Crippen LogP contribution in [0.4, 0.5) is 10.5 Å². The van der Waals surface area contributed by atoms with E-state index in [9.17, 15) is 4.79 Å². The van der Waals surface area contributed by atoms with Gasteiger partial charge in [0.2, 0.25) is 0 Å². The van der Waals surface area contributed by atoms with Gasteiger partial charge in [-0.05, 0) is 93.0 Å². The van der Waals surface area contributed by atoms with E-state index in [0.717, 1.165) is 43.5 Å². The zero-order valence-corrected chi connectivity index (χ0v) is 18.2. The van der Waals surface area contributed by atoms with Gasteiger partial charge in [-0.1, -0.05) is 13.0 Å². The summed E-state index contributed by atoms with van der Waals surface area (Å²) in [7, 11) is 0. The number of nitrogens with one attached hydrogen (secondary N) is 3. The van der Waals surface area contributed by atoms with E-state index < -0.39 is 0 Å². The molecule has 3 fully saturated rings. The first kappa shape index (κ1) is 18.5. The van der Waals surface area contributed by atoms with Crippen LogP contribution in [0.2, 0.25) is 0 Å². The van der Waals surface area contributed by atoms with Crippen molar-refractivity contribution in [3.05, 3.63) is 28.3 Å². The fourth-order valence-corrected chi connectivity index (χ4v) is 7.89. The maximum Gasteiger partial charge on any atom is 0.330 e. The van der Waals surface area contributed by atoms with Gasteiger partial charge in [-0.2, -0.15) is 0 Å². The van der Waals surface area contributed by atoms with Crippen molar-refractivity contribution in [2.45, 2.75) is 89.3 Å². The molecule has 4 atom stereocenters. The number of rotatable bonds is 5. The molecule has 0 radical (unpaired) electrons. The first-order valence-electron chi connectivity index (χ1n) is 11.6. The summed E-state index contributed by atoms with van der Waals surface area (Å²) >= 11 is 1.38. The summed E-state index contributed by atoms with van der Waals surface area (Å²) in [5.74, 6) is 0. The van der Waals surface area contributed by atoms with Crippen molar-refractivity contribution in [1.82, 2.24) is 14.3 Å². The van der Waals surface area contributed by atoms with E-state index in [1.165, 1.54) is 79.5 Å². The summed E-state index contributed by atoms with van der Waals surface area (Å²) in [6.07, 6.45) is 12.2. The average Bonchev–Trinajstić information content (AvgIpc) is 3.42. The zero-order valence-electron chi connectivity index (χ0n) is 17.4. The molecule has 2 amide bonds. The predicted molar refractivity (Wildman–Crippen MR) is 118 cm³/mol. The van der Waals surface area contributed by atoms with Crippen molar-refractivity contribution in [3.63, 3.8) is 0 Å². The summed E-state index contributed by atoms with van der Waals surface area (Å²) in [6.45, 7) is 3.48. The SMILES string of the molecule is CCN1C2CCC23CC(NSNC(=O)Nc2c4c(cc5c2CCC5)CCC4)CC13. The average molecular weight is 413 g/mol. The molecule has 1 aromatic carbocycles. The topological polar surface area (TPSA) is 56.4 Å². The molecule has 1 saturated heterocycles. The molecule has 6 heteroatoms. The van der Waals surface area contributed by atoms with E-state index in [1.807, 2.05) is 0 Å². The Morgan fingerprint density at radius 3 is 2.59 bits per heavy atom. The number of nitrogens with zero attached hydrogens (tertiary/aromatic N) is 1. The molecular weight excluding hydrogens is 380 g/mol. The van der Waals surface area contributed by atoms with Crippen LogP contribution in [0.1, 0.15) is 67.7 Å². The number of aryl methyl sites for hydroxylation is 2. The second-order valence-electron chi connectivity index (χ2n) is 9.78. The minimum Gasteiger partial charge on any atom is -0.307 e. The number of carbonyl (C=O) groups is 1. The molecule has 5 nitrogen and oxygen atoms in total. The Labute approximate surface area is 178 Å². The lowest BCUT2D eigenvalue weighted by Gasteiger charge is -2.68. The second-order valence-corrected chi connectivity index (χ2v) is 10.4. The van der Waals surface area contributed by atoms with Crippen LogP contribution in [0.3, 0.4) is 0 Å². The molecule has 4 unspecified atom stereocenters. The molecule has 29 heavy (non-hydrogen) atoms. The van der Waals surface area contributed by atoms with E-state index in [2.05, 4.69) is 32.7 Å². The second kappa shape index (κ2) is 6.89. The third-order valence-corrected chi connectivity index (χ3v) is 9.33. The van der Waals surface area contributed by atoms with Crippen molar-refractivity contribution < 1.29 is 4.79 Å². The highest BCUT2D eigenvalue weighted by atomic mass is 32.2. The Kier molecular flexibility index (Phi) is 4.40. The van der Waals surface area contributed by atoms with Gasteiger partial charge in [0, 0.05) is 41.4 Å². The van der Waals surface area contributed by atoms with Gasteiger partial charge in [0.15, 0.2) is 0 Å². The number of anilines is 1. The Morgan fingerprint density at radius 2 is 1.93 bits per heavy atom. The van der Waals surface area contributed by atoms with E-state index in [4.69, 9.17) is 0 Å². The molecule has 1 aliphatic heterocycles. The number of benzene rings is 1. The van der Waals surface area contributed by atoms with E-state index in [1.54, 1.807) is 0 Å². The normalized spacial score (nSPS) is 33.9. The van der Waals surface area contributed by atoms with Crippen LogP contribution in [-0.2, 0) is 25.7 Å². The quantitative estimate of drug-likeness (QED) is 0.641. The first-order chi connectivity index (χ1) is 14.2. The molecule has 6 rings (SSSR count). The number of carbonyl (C=O) groups excluding carboxylic acids is 1. The Balaban J connectivity index is 1.05. The summed E-state index contributed by atoms with van der Waals surface area (Å²) in [5.41, 5.74) is 7.42. The van der Waals surface area contributed by atoms with Gasteiger partial charge in [-0.3, -0.25) is 9.62 Å². The minimum absolute atomic E-state index is 0.0901. The molecule has 1 aromatic rings. The van der Waals surface area contributed by atoms with Gasteiger partial charge < -0.3 is 5.32 Å². The van der Waals surface area contributed by atoms with Crippen molar-refractivity contribution in [2.24, 2.45) is 5.41 Å². The molecule has 3 N–H and O–H groups in total. The van der Waals surface area contributed by atoms with Crippen LogP contribution in [0, 0.1) is 5.41 Å². The number of amides is 2. The Hall–Kier alpha value is -1.24. The van der Waals surface area contributed by atoms with Crippen molar-refractivity contribution >= 4 is 23.9 Å². The number of hydrogen-bond donors (Lipinski definition) is 3. The van der Waals surface area contributed by atoms with Gasteiger partial charge in [-0.15, -0.1) is 0 Å². The maximum atomic E-state index is 12.7.